The highest BCUT2D eigenvalue weighted by molar-refractivity contribution is 14.0. The Labute approximate surface area is 198 Å². The highest BCUT2D eigenvalue weighted by Gasteiger charge is 2.33. The van der Waals surface area contributed by atoms with Crippen molar-refractivity contribution in [1.82, 2.24) is 15.5 Å². The van der Waals surface area contributed by atoms with Crippen LogP contribution < -0.4 is 10.6 Å². The molecule has 172 valence electrons. The van der Waals surface area contributed by atoms with Crippen molar-refractivity contribution in [2.24, 2.45) is 10.9 Å². The number of likely N-dealkylation sites (tertiary alicyclic amines) is 1. The molecule has 1 aromatic heterocycles. The monoisotopic (exact) mass is 550 g/mol. The van der Waals surface area contributed by atoms with Crippen molar-refractivity contribution in [1.29, 1.82) is 0 Å². The SMILES string of the molecule is CN=C(NCCc1ccco1)NCC1CCCN(C)C1c1ccc(C(F)(F)F)cc1.I. The number of nitrogens with zero attached hydrogens (tertiary/aromatic N) is 2. The number of piperidine rings is 1. The average Bonchev–Trinajstić information content (AvgIpc) is 3.23. The van der Waals surface area contributed by atoms with Crippen LogP contribution in [0.25, 0.3) is 0 Å². The quantitative estimate of drug-likeness (QED) is 0.311. The van der Waals surface area contributed by atoms with Crippen molar-refractivity contribution in [3.63, 3.8) is 0 Å². The average molecular weight is 550 g/mol. The Bertz CT molecular complexity index is 809. The second-order valence-corrected chi connectivity index (χ2v) is 7.66. The van der Waals surface area contributed by atoms with Crippen LogP contribution in [0.4, 0.5) is 13.2 Å². The highest BCUT2D eigenvalue weighted by atomic mass is 127. The van der Waals surface area contributed by atoms with E-state index in [9.17, 15) is 13.2 Å². The molecule has 2 aromatic rings. The van der Waals surface area contributed by atoms with E-state index in [2.05, 4.69) is 20.5 Å². The standard InChI is InChI=1S/C22H29F3N4O.HI/c1-26-21(27-12-11-19-6-4-14-30-19)28-15-17-5-3-13-29(2)20(17)16-7-9-18(10-8-16)22(23,24)25;/h4,6-10,14,17,20H,3,5,11-13,15H2,1-2H3,(H2,26,27,28);1H. The lowest BCUT2D eigenvalue weighted by molar-refractivity contribution is -0.137. The summed E-state index contributed by atoms with van der Waals surface area (Å²) in [5.74, 6) is 1.89. The molecule has 0 spiro atoms. The van der Waals surface area contributed by atoms with E-state index >= 15 is 0 Å². The Kier molecular flexibility index (Phi) is 9.67. The molecule has 9 heteroatoms. The number of hydrogen-bond acceptors (Lipinski definition) is 3. The van der Waals surface area contributed by atoms with Gasteiger partial charge in [-0.25, -0.2) is 0 Å². The second kappa shape index (κ2) is 11.8. The maximum absolute atomic E-state index is 12.9. The van der Waals surface area contributed by atoms with E-state index in [4.69, 9.17) is 4.42 Å². The van der Waals surface area contributed by atoms with E-state index in [-0.39, 0.29) is 35.9 Å². The lowest BCUT2D eigenvalue weighted by Gasteiger charge is -2.40. The summed E-state index contributed by atoms with van der Waals surface area (Å²) in [6, 6.07) is 9.44. The van der Waals surface area contributed by atoms with E-state index in [1.54, 1.807) is 25.4 Å². The predicted octanol–water partition coefficient (Wildman–Crippen LogP) is 4.71. The van der Waals surface area contributed by atoms with E-state index in [0.29, 0.717) is 19.0 Å². The minimum atomic E-state index is -4.31. The van der Waals surface area contributed by atoms with Gasteiger partial charge in [0, 0.05) is 32.6 Å². The third kappa shape index (κ3) is 7.13. The lowest BCUT2D eigenvalue weighted by Crippen LogP contribution is -2.45. The summed E-state index contributed by atoms with van der Waals surface area (Å²) in [5, 5.41) is 6.65. The fraction of sp³-hybridized carbons (Fsp3) is 0.500. The molecule has 1 fully saturated rings. The van der Waals surface area contributed by atoms with Gasteiger partial charge in [-0.15, -0.1) is 24.0 Å². The zero-order chi connectivity index (χ0) is 21.6. The molecule has 3 rings (SSSR count). The van der Waals surface area contributed by atoms with Gasteiger partial charge >= 0.3 is 6.18 Å². The summed E-state index contributed by atoms with van der Waals surface area (Å²) < 4.78 is 44.1. The van der Waals surface area contributed by atoms with E-state index in [0.717, 1.165) is 37.1 Å². The molecule has 1 saturated heterocycles. The zero-order valence-electron chi connectivity index (χ0n) is 17.8. The molecule has 1 aliphatic rings. The third-order valence-corrected chi connectivity index (χ3v) is 5.59. The number of alkyl halides is 3. The molecule has 0 radical (unpaired) electrons. The number of halogens is 4. The van der Waals surface area contributed by atoms with Gasteiger partial charge in [0.1, 0.15) is 5.76 Å². The number of nitrogens with one attached hydrogen (secondary N) is 2. The van der Waals surface area contributed by atoms with Crippen LogP contribution in [0.2, 0.25) is 0 Å². The molecule has 0 bridgehead atoms. The molecule has 2 unspecified atom stereocenters. The van der Waals surface area contributed by atoms with Crippen LogP contribution in [-0.2, 0) is 12.6 Å². The summed E-state index contributed by atoms with van der Waals surface area (Å²) in [6.45, 7) is 2.31. The Morgan fingerprint density at radius 1 is 1.19 bits per heavy atom. The second-order valence-electron chi connectivity index (χ2n) is 7.66. The minimum absolute atomic E-state index is 0. The van der Waals surface area contributed by atoms with Gasteiger partial charge in [0.15, 0.2) is 5.96 Å². The number of benzene rings is 1. The topological polar surface area (TPSA) is 52.8 Å². The van der Waals surface area contributed by atoms with Gasteiger partial charge in [-0.3, -0.25) is 9.89 Å². The molecule has 1 aromatic carbocycles. The summed E-state index contributed by atoms with van der Waals surface area (Å²) >= 11 is 0. The zero-order valence-corrected chi connectivity index (χ0v) is 20.1. The molecule has 0 aliphatic carbocycles. The number of furan rings is 1. The Morgan fingerprint density at radius 2 is 1.94 bits per heavy atom. The fourth-order valence-electron chi connectivity index (χ4n) is 4.08. The van der Waals surface area contributed by atoms with Crippen LogP contribution in [-0.4, -0.2) is 44.6 Å². The lowest BCUT2D eigenvalue weighted by atomic mass is 9.84. The number of rotatable bonds is 6. The van der Waals surface area contributed by atoms with Gasteiger partial charge in [0.05, 0.1) is 11.8 Å². The molecule has 0 amide bonds. The van der Waals surface area contributed by atoms with Gasteiger partial charge < -0.3 is 15.1 Å². The summed E-state index contributed by atoms with van der Waals surface area (Å²) in [5.41, 5.74) is 0.304. The van der Waals surface area contributed by atoms with Gasteiger partial charge in [0.2, 0.25) is 0 Å². The maximum Gasteiger partial charge on any atom is 0.416 e. The van der Waals surface area contributed by atoms with Crippen LogP contribution in [0.1, 0.15) is 35.8 Å². The summed E-state index contributed by atoms with van der Waals surface area (Å²) in [7, 11) is 3.76. The molecule has 1 aliphatic heterocycles. The van der Waals surface area contributed by atoms with Crippen molar-refractivity contribution in [3.8, 4) is 0 Å². The highest BCUT2D eigenvalue weighted by Crippen LogP contribution is 2.36. The van der Waals surface area contributed by atoms with E-state index in [1.165, 1.54) is 12.1 Å². The van der Waals surface area contributed by atoms with Crippen LogP contribution in [0.15, 0.2) is 52.1 Å². The van der Waals surface area contributed by atoms with Crippen molar-refractivity contribution in [2.75, 3.05) is 33.7 Å². The molecule has 5 nitrogen and oxygen atoms in total. The van der Waals surface area contributed by atoms with Crippen LogP contribution in [0.5, 0.6) is 0 Å². The molecule has 2 heterocycles. The third-order valence-electron chi connectivity index (χ3n) is 5.59. The minimum Gasteiger partial charge on any atom is -0.469 e. The van der Waals surface area contributed by atoms with Crippen LogP contribution in [0.3, 0.4) is 0 Å². The number of hydrogen-bond donors (Lipinski definition) is 2. The molecular weight excluding hydrogens is 520 g/mol. The molecule has 2 atom stereocenters. The van der Waals surface area contributed by atoms with Gasteiger partial charge in [-0.05, 0) is 62.2 Å². The Hall–Kier alpha value is -1.75. The van der Waals surface area contributed by atoms with Crippen molar-refractivity contribution in [3.05, 3.63) is 59.5 Å². The molecule has 2 N–H and O–H groups in total. The summed E-state index contributed by atoms with van der Waals surface area (Å²) in [4.78, 5) is 6.50. The first-order valence-corrected chi connectivity index (χ1v) is 10.2. The van der Waals surface area contributed by atoms with Crippen LogP contribution in [0, 0.1) is 5.92 Å². The van der Waals surface area contributed by atoms with Gasteiger partial charge in [-0.2, -0.15) is 13.2 Å². The normalized spacial score (nSPS) is 20.2. The predicted molar refractivity (Wildman–Crippen MR) is 127 cm³/mol. The van der Waals surface area contributed by atoms with Gasteiger partial charge in [0.25, 0.3) is 0 Å². The smallest absolute Gasteiger partial charge is 0.416 e. The first-order valence-electron chi connectivity index (χ1n) is 10.2. The van der Waals surface area contributed by atoms with E-state index in [1.807, 2.05) is 19.2 Å². The first kappa shape index (κ1) is 25.5. The number of guanidine groups is 1. The Morgan fingerprint density at radius 3 is 2.55 bits per heavy atom. The number of aliphatic imine (C=N–C) groups is 1. The fourth-order valence-corrected chi connectivity index (χ4v) is 4.08. The van der Waals surface area contributed by atoms with Crippen molar-refractivity contribution in [2.45, 2.75) is 31.5 Å². The Balaban J connectivity index is 0.00000341. The van der Waals surface area contributed by atoms with Crippen LogP contribution >= 0.6 is 24.0 Å². The summed E-state index contributed by atoms with van der Waals surface area (Å²) in [6.07, 6.45) is 0.167. The van der Waals surface area contributed by atoms with Gasteiger partial charge in [-0.1, -0.05) is 12.1 Å². The molecular formula is C22H30F3IN4O. The molecule has 0 saturated carbocycles. The maximum atomic E-state index is 12.9. The van der Waals surface area contributed by atoms with E-state index < -0.39 is 11.7 Å². The van der Waals surface area contributed by atoms with Crippen molar-refractivity contribution >= 4 is 29.9 Å². The first-order chi connectivity index (χ1) is 14.4. The van der Waals surface area contributed by atoms with Crippen molar-refractivity contribution < 1.29 is 17.6 Å². The largest absolute Gasteiger partial charge is 0.469 e. The molecule has 31 heavy (non-hydrogen) atoms.